The minimum atomic E-state index is -0.00880. The Morgan fingerprint density at radius 2 is 2.08 bits per heavy atom. The number of aromatic nitrogens is 6. The van der Waals surface area contributed by atoms with E-state index in [0.29, 0.717) is 11.3 Å². The van der Waals surface area contributed by atoms with E-state index in [1.165, 1.54) is 0 Å². The number of aromatic amines is 1. The van der Waals surface area contributed by atoms with Crippen LogP contribution in [0.4, 0.5) is 5.82 Å². The average Bonchev–Trinajstić information content (AvgIpc) is 3.32. The number of H-pyrrole nitrogens is 1. The molecule has 8 nitrogen and oxygen atoms in total. The molecule has 0 bridgehead atoms. The maximum absolute atomic E-state index is 6.01. The second-order valence-corrected chi connectivity index (χ2v) is 6.23. The van der Waals surface area contributed by atoms with Crippen LogP contribution in [-0.2, 0) is 4.74 Å². The van der Waals surface area contributed by atoms with Crippen molar-refractivity contribution in [1.29, 1.82) is 0 Å². The number of nitrogens with zero attached hydrogens (tertiary/aromatic N) is 5. The molecule has 0 radical (unpaired) electrons. The van der Waals surface area contributed by atoms with Crippen LogP contribution in [0.25, 0.3) is 33.2 Å². The maximum atomic E-state index is 6.01. The summed E-state index contributed by atoms with van der Waals surface area (Å²) >= 11 is 0. The molecule has 1 aromatic carbocycles. The number of ether oxygens (including phenoxy) is 1. The monoisotopic (exact) mass is 335 g/mol. The quantitative estimate of drug-likeness (QED) is 0.583. The normalized spacial score (nSPS) is 18.2. The third kappa shape index (κ3) is 2.25. The van der Waals surface area contributed by atoms with Crippen molar-refractivity contribution in [2.75, 3.05) is 12.3 Å². The van der Waals surface area contributed by atoms with E-state index in [-0.39, 0.29) is 6.23 Å². The van der Waals surface area contributed by atoms with Gasteiger partial charge in [-0.15, -0.1) is 0 Å². The highest BCUT2D eigenvalue weighted by Gasteiger charge is 2.20. The summed E-state index contributed by atoms with van der Waals surface area (Å²) in [4.78, 5) is 4.48. The minimum absolute atomic E-state index is 0.00880. The van der Waals surface area contributed by atoms with E-state index in [1.54, 1.807) is 6.20 Å². The van der Waals surface area contributed by atoms with Crippen molar-refractivity contribution >= 4 is 27.8 Å². The summed E-state index contributed by atoms with van der Waals surface area (Å²) in [6.07, 6.45) is 5.04. The Labute approximate surface area is 143 Å². The second-order valence-electron chi connectivity index (χ2n) is 6.23. The number of anilines is 1. The van der Waals surface area contributed by atoms with Crippen LogP contribution in [0.15, 0.2) is 30.5 Å². The van der Waals surface area contributed by atoms with E-state index < -0.39 is 0 Å². The molecule has 4 heterocycles. The number of fused-ring (bicyclic) bond motifs is 3. The second kappa shape index (κ2) is 5.52. The number of rotatable bonds is 2. The summed E-state index contributed by atoms with van der Waals surface area (Å²) in [5.74, 6) is 0.373. The fourth-order valence-corrected chi connectivity index (χ4v) is 3.45. The molecule has 3 aromatic heterocycles. The van der Waals surface area contributed by atoms with Gasteiger partial charge in [-0.3, -0.25) is 0 Å². The van der Waals surface area contributed by atoms with Gasteiger partial charge in [-0.05, 0) is 37.5 Å². The van der Waals surface area contributed by atoms with Crippen LogP contribution in [0.2, 0.25) is 0 Å². The lowest BCUT2D eigenvalue weighted by Gasteiger charge is -2.24. The zero-order valence-electron chi connectivity index (χ0n) is 13.5. The predicted octanol–water partition coefficient (Wildman–Crippen LogP) is 2.65. The van der Waals surface area contributed by atoms with Crippen LogP contribution in [-0.4, -0.2) is 36.8 Å². The number of nitrogen functional groups attached to an aromatic ring is 1. The fourth-order valence-electron chi connectivity index (χ4n) is 3.45. The third-order valence-corrected chi connectivity index (χ3v) is 4.68. The number of nitrogens with two attached hydrogens (primary N) is 1. The van der Waals surface area contributed by atoms with Gasteiger partial charge in [0.1, 0.15) is 5.52 Å². The van der Waals surface area contributed by atoms with E-state index >= 15 is 0 Å². The summed E-state index contributed by atoms with van der Waals surface area (Å²) in [7, 11) is 0. The summed E-state index contributed by atoms with van der Waals surface area (Å²) in [6.45, 7) is 0.782. The van der Waals surface area contributed by atoms with Gasteiger partial charge in [0.15, 0.2) is 17.6 Å². The summed E-state index contributed by atoms with van der Waals surface area (Å²) in [5, 5.41) is 16.3. The molecular weight excluding hydrogens is 318 g/mol. The fraction of sp³-hybridized carbons (Fsp3) is 0.294. The van der Waals surface area contributed by atoms with E-state index in [0.717, 1.165) is 53.5 Å². The van der Waals surface area contributed by atoms with Crippen molar-refractivity contribution in [1.82, 2.24) is 30.2 Å². The van der Waals surface area contributed by atoms with Crippen molar-refractivity contribution in [2.45, 2.75) is 25.5 Å². The number of nitrogens with one attached hydrogen (secondary N) is 1. The molecule has 1 aliphatic rings. The molecular formula is C17H17N7O. The smallest absolute Gasteiger partial charge is 0.155 e. The van der Waals surface area contributed by atoms with Crippen molar-refractivity contribution in [3.05, 3.63) is 30.5 Å². The number of hydrogen-bond donors (Lipinski definition) is 2. The minimum Gasteiger partial charge on any atom is -0.382 e. The molecule has 126 valence electrons. The molecule has 1 aliphatic heterocycles. The molecule has 0 saturated carbocycles. The molecule has 0 aliphatic carbocycles. The Morgan fingerprint density at radius 3 is 2.96 bits per heavy atom. The van der Waals surface area contributed by atoms with E-state index in [4.69, 9.17) is 10.5 Å². The van der Waals surface area contributed by atoms with Crippen molar-refractivity contribution in [3.8, 4) is 11.3 Å². The molecule has 1 saturated heterocycles. The van der Waals surface area contributed by atoms with Gasteiger partial charge in [0.2, 0.25) is 0 Å². The van der Waals surface area contributed by atoms with Gasteiger partial charge >= 0.3 is 0 Å². The Morgan fingerprint density at radius 1 is 1.16 bits per heavy atom. The van der Waals surface area contributed by atoms with Gasteiger partial charge in [-0.25, -0.2) is 9.67 Å². The molecule has 3 N–H and O–H groups in total. The maximum Gasteiger partial charge on any atom is 0.155 e. The number of pyridine rings is 1. The highest BCUT2D eigenvalue weighted by Crippen LogP contribution is 2.31. The zero-order chi connectivity index (χ0) is 16.8. The molecule has 5 rings (SSSR count). The van der Waals surface area contributed by atoms with Gasteiger partial charge < -0.3 is 10.5 Å². The highest BCUT2D eigenvalue weighted by molar-refractivity contribution is 6.06. The molecule has 1 fully saturated rings. The topological polar surface area (TPSA) is 108 Å². The number of hydrogen-bond acceptors (Lipinski definition) is 6. The van der Waals surface area contributed by atoms with Crippen LogP contribution < -0.4 is 5.73 Å². The van der Waals surface area contributed by atoms with Crippen molar-refractivity contribution < 1.29 is 4.74 Å². The van der Waals surface area contributed by atoms with Gasteiger partial charge in [-0.2, -0.15) is 20.5 Å². The number of benzene rings is 1. The summed E-state index contributed by atoms with van der Waals surface area (Å²) in [5.41, 5.74) is 10.2. The van der Waals surface area contributed by atoms with Crippen LogP contribution in [0.5, 0.6) is 0 Å². The van der Waals surface area contributed by atoms with Crippen LogP contribution in [0.1, 0.15) is 25.5 Å². The van der Waals surface area contributed by atoms with Gasteiger partial charge in [0.25, 0.3) is 0 Å². The van der Waals surface area contributed by atoms with Crippen molar-refractivity contribution in [3.63, 3.8) is 0 Å². The zero-order valence-corrected chi connectivity index (χ0v) is 13.5. The first-order valence-corrected chi connectivity index (χ1v) is 8.36. The molecule has 1 atom stereocenters. The lowest BCUT2D eigenvalue weighted by molar-refractivity contribution is -0.0383. The first kappa shape index (κ1) is 14.4. The summed E-state index contributed by atoms with van der Waals surface area (Å²) in [6, 6.07) is 8.05. The third-order valence-electron chi connectivity index (χ3n) is 4.68. The van der Waals surface area contributed by atoms with Crippen molar-refractivity contribution in [2.24, 2.45) is 0 Å². The Kier molecular flexibility index (Phi) is 3.17. The molecule has 25 heavy (non-hydrogen) atoms. The first-order chi connectivity index (χ1) is 12.3. The molecule has 0 spiro atoms. The van der Waals surface area contributed by atoms with Gasteiger partial charge in [0, 0.05) is 23.8 Å². The lowest BCUT2D eigenvalue weighted by atomic mass is 10.1. The highest BCUT2D eigenvalue weighted by atomic mass is 16.5. The Balaban J connectivity index is 1.64. The molecule has 8 heteroatoms. The Hall–Kier alpha value is -3.00. The van der Waals surface area contributed by atoms with Crippen LogP contribution in [0, 0.1) is 0 Å². The van der Waals surface area contributed by atoms with Crippen LogP contribution >= 0.6 is 0 Å². The molecule has 0 amide bonds. The average molecular weight is 335 g/mol. The SMILES string of the molecule is Nc1nc2cc(-c3ccnn3C3CCCCO3)ccc2c2n[nH]nc12. The van der Waals surface area contributed by atoms with E-state index in [9.17, 15) is 0 Å². The largest absolute Gasteiger partial charge is 0.382 e. The van der Waals surface area contributed by atoms with E-state index in [1.807, 2.05) is 28.9 Å². The first-order valence-electron chi connectivity index (χ1n) is 8.36. The predicted molar refractivity (Wildman–Crippen MR) is 93.7 cm³/mol. The summed E-state index contributed by atoms with van der Waals surface area (Å²) < 4.78 is 7.84. The molecule has 1 unspecified atom stereocenters. The standard InChI is InChI=1S/C17H17N7O/c18-17-16-15(21-23-22-16)11-5-4-10(9-12(11)20-17)13-6-7-19-24(13)14-3-1-2-8-25-14/h4-7,9,14H,1-3,8H2,(H2,18,20)(H,21,22,23). The molecule has 4 aromatic rings. The van der Waals surface area contributed by atoms with Gasteiger partial charge in [0.05, 0.1) is 11.2 Å². The lowest BCUT2D eigenvalue weighted by Crippen LogP contribution is -2.19. The Bertz CT molecular complexity index is 1060. The van der Waals surface area contributed by atoms with Crippen LogP contribution in [0.3, 0.4) is 0 Å². The van der Waals surface area contributed by atoms with E-state index in [2.05, 4.69) is 25.5 Å². The van der Waals surface area contributed by atoms with Gasteiger partial charge in [-0.1, -0.05) is 6.07 Å².